The first-order valence-electron chi connectivity index (χ1n) is 9.31. The second-order valence-corrected chi connectivity index (χ2v) is 6.97. The van der Waals surface area contributed by atoms with Gasteiger partial charge in [0.15, 0.2) is 5.82 Å². The lowest BCUT2D eigenvalue weighted by Gasteiger charge is -2.19. The molecule has 3 aromatic rings. The zero-order chi connectivity index (χ0) is 18.9. The van der Waals surface area contributed by atoms with E-state index in [0.717, 1.165) is 24.5 Å². The van der Waals surface area contributed by atoms with Crippen molar-refractivity contribution in [1.29, 1.82) is 0 Å². The van der Waals surface area contributed by atoms with Crippen LogP contribution in [0.3, 0.4) is 0 Å². The van der Waals surface area contributed by atoms with E-state index in [0.29, 0.717) is 25.4 Å². The molecule has 4 heterocycles. The number of halogens is 1. The highest BCUT2D eigenvalue weighted by molar-refractivity contribution is 5.33. The molecule has 2 aliphatic heterocycles. The van der Waals surface area contributed by atoms with Crippen LogP contribution in [0.25, 0.3) is 5.69 Å². The third-order valence-electron chi connectivity index (χ3n) is 5.22. The Labute approximate surface area is 160 Å². The van der Waals surface area contributed by atoms with E-state index in [1.54, 1.807) is 21.8 Å². The molecular weight excluding hydrogens is 365 g/mol. The summed E-state index contributed by atoms with van der Waals surface area (Å²) in [6, 6.07) is 6.39. The van der Waals surface area contributed by atoms with Crippen LogP contribution in [0.5, 0.6) is 0 Å². The fourth-order valence-corrected chi connectivity index (χ4v) is 3.77. The molecular formula is C17H20FN9O. The molecule has 2 unspecified atom stereocenters. The summed E-state index contributed by atoms with van der Waals surface area (Å²) in [5.74, 6) is 1.34. The van der Waals surface area contributed by atoms with Gasteiger partial charge in [0.05, 0.1) is 11.6 Å². The van der Waals surface area contributed by atoms with Gasteiger partial charge in [0.1, 0.15) is 24.1 Å². The van der Waals surface area contributed by atoms with Crippen molar-refractivity contribution in [3.8, 4) is 5.69 Å². The molecule has 2 fully saturated rings. The largest absolute Gasteiger partial charge is 0.381 e. The van der Waals surface area contributed by atoms with Gasteiger partial charge in [0.25, 0.3) is 0 Å². The van der Waals surface area contributed by atoms with Gasteiger partial charge in [-0.3, -0.25) is 5.43 Å². The van der Waals surface area contributed by atoms with Gasteiger partial charge in [-0.15, -0.1) is 5.10 Å². The SMILES string of the molecule is Fc1cccc(-n2nc(C3CCOCC3)nc2C2CNNC2n2cnnn2)c1. The molecule has 0 amide bonds. The van der Waals surface area contributed by atoms with E-state index >= 15 is 0 Å². The number of rotatable bonds is 4. The molecule has 10 nitrogen and oxygen atoms in total. The summed E-state index contributed by atoms with van der Waals surface area (Å²) < 4.78 is 22.7. The highest BCUT2D eigenvalue weighted by Gasteiger charge is 2.36. The Morgan fingerprint density at radius 1 is 1.21 bits per heavy atom. The molecule has 11 heteroatoms. The Balaban J connectivity index is 1.57. The molecule has 1 aromatic carbocycles. The first-order chi connectivity index (χ1) is 13.8. The highest BCUT2D eigenvalue weighted by Crippen LogP contribution is 2.32. The Bertz CT molecular complexity index is 938. The summed E-state index contributed by atoms with van der Waals surface area (Å²) in [4.78, 5) is 4.89. The van der Waals surface area contributed by atoms with Gasteiger partial charge < -0.3 is 4.74 Å². The molecule has 0 aliphatic carbocycles. The van der Waals surface area contributed by atoms with Crippen molar-refractivity contribution in [2.75, 3.05) is 19.8 Å². The molecule has 28 heavy (non-hydrogen) atoms. The maximum Gasteiger partial charge on any atom is 0.154 e. The molecule has 2 N–H and O–H groups in total. The lowest BCUT2D eigenvalue weighted by Crippen LogP contribution is -2.29. The number of hydrazine groups is 1. The summed E-state index contributed by atoms with van der Waals surface area (Å²) in [6.07, 6.45) is 3.09. The van der Waals surface area contributed by atoms with E-state index in [2.05, 4.69) is 26.4 Å². The number of ether oxygens (including phenoxy) is 1. The monoisotopic (exact) mass is 385 g/mol. The van der Waals surface area contributed by atoms with Crippen LogP contribution in [0.15, 0.2) is 30.6 Å². The molecule has 2 atom stereocenters. The first kappa shape index (κ1) is 17.3. The van der Waals surface area contributed by atoms with Crippen molar-refractivity contribution in [3.63, 3.8) is 0 Å². The molecule has 0 bridgehead atoms. The minimum Gasteiger partial charge on any atom is -0.381 e. The Morgan fingerprint density at radius 3 is 2.89 bits per heavy atom. The lowest BCUT2D eigenvalue weighted by molar-refractivity contribution is 0.0836. The molecule has 146 valence electrons. The third kappa shape index (κ3) is 3.17. The number of benzene rings is 1. The second kappa shape index (κ2) is 7.34. The molecule has 2 aliphatic rings. The van der Waals surface area contributed by atoms with Crippen molar-refractivity contribution in [2.24, 2.45) is 0 Å². The first-order valence-corrected chi connectivity index (χ1v) is 9.31. The summed E-state index contributed by atoms with van der Waals surface area (Å²) in [5, 5.41) is 16.2. The van der Waals surface area contributed by atoms with Crippen LogP contribution in [0.4, 0.5) is 4.39 Å². The van der Waals surface area contributed by atoms with Gasteiger partial charge in [-0.05, 0) is 41.5 Å². The van der Waals surface area contributed by atoms with Gasteiger partial charge in [-0.2, -0.15) is 5.10 Å². The van der Waals surface area contributed by atoms with Crippen molar-refractivity contribution in [3.05, 3.63) is 48.1 Å². The third-order valence-corrected chi connectivity index (χ3v) is 5.22. The zero-order valence-electron chi connectivity index (χ0n) is 15.1. The lowest BCUT2D eigenvalue weighted by atomic mass is 10.00. The van der Waals surface area contributed by atoms with E-state index in [-0.39, 0.29) is 23.8 Å². The number of hydrogen-bond donors (Lipinski definition) is 2. The van der Waals surface area contributed by atoms with Crippen LogP contribution >= 0.6 is 0 Å². The maximum atomic E-state index is 13.9. The quantitative estimate of drug-likeness (QED) is 0.675. The minimum atomic E-state index is -0.314. The summed E-state index contributed by atoms with van der Waals surface area (Å²) in [6.45, 7) is 2.02. The van der Waals surface area contributed by atoms with Crippen LogP contribution in [0.1, 0.15) is 42.5 Å². The number of aromatic nitrogens is 7. The van der Waals surface area contributed by atoms with Crippen molar-refractivity contribution in [2.45, 2.75) is 30.8 Å². The standard InChI is InChI=1S/C17H20FN9O/c18-12-2-1-3-13(8-12)27-16(21-15(23-27)11-4-6-28-7-5-11)14-9-19-22-17(14)26-10-20-24-25-26/h1-3,8,10-11,14,17,19,22H,4-7,9H2. The summed E-state index contributed by atoms with van der Waals surface area (Å²) in [7, 11) is 0. The van der Waals surface area contributed by atoms with Crippen LogP contribution in [0, 0.1) is 5.82 Å². The molecule has 5 rings (SSSR count). The van der Waals surface area contributed by atoms with Gasteiger partial charge in [0.2, 0.25) is 0 Å². The average Bonchev–Trinajstić information content (AvgIpc) is 3.47. The number of hydrogen-bond acceptors (Lipinski definition) is 8. The van der Waals surface area contributed by atoms with Crippen LogP contribution < -0.4 is 10.9 Å². The van der Waals surface area contributed by atoms with Crippen LogP contribution in [-0.2, 0) is 4.74 Å². The van der Waals surface area contributed by atoms with Gasteiger partial charge >= 0.3 is 0 Å². The molecule has 2 aromatic heterocycles. The highest BCUT2D eigenvalue weighted by atomic mass is 19.1. The molecule has 0 spiro atoms. The van der Waals surface area contributed by atoms with E-state index < -0.39 is 0 Å². The van der Waals surface area contributed by atoms with E-state index in [4.69, 9.17) is 14.8 Å². The topological polar surface area (TPSA) is 108 Å². The molecule has 2 saturated heterocycles. The van der Waals surface area contributed by atoms with Gasteiger partial charge in [-0.25, -0.2) is 24.2 Å². The zero-order valence-corrected chi connectivity index (χ0v) is 15.1. The molecule has 0 radical (unpaired) electrons. The minimum absolute atomic E-state index is 0.0899. The normalized spacial score (nSPS) is 23.3. The van der Waals surface area contributed by atoms with Crippen molar-refractivity contribution >= 4 is 0 Å². The number of nitrogens with zero attached hydrogens (tertiary/aromatic N) is 7. The van der Waals surface area contributed by atoms with E-state index in [1.165, 1.54) is 12.1 Å². The Morgan fingerprint density at radius 2 is 2.11 bits per heavy atom. The fourth-order valence-electron chi connectivity index (χ4n) is 3.77. The predicted molar refractivity (Wildman–Crippen MR) is 94.8 cm³/mol. The smallest absolute Gasteiger partial charge is 0.154 e. The average molecular weight is 385 g/mol. The Hall–Kier alpha value is -2.76. The van der Waals surface area contributed by atoms with Crippen molar-refractivity contribution < 1.29 is 9.13 Å². The summed E-state index contributed by atoms with van der Waals surface area (Å²) in [5.41, 5.74) is 6.97. The fraction of sp³-hybridized carbons (Fsp3) is 0.471. The van der Waals surface area contributed by atoms with E-state index in [9.17, 15) is 4.39 Å². The van der Waals surface area contributed by atoms with Gasteiger partial charge in [-0.1, -0.05) is 6.07 Å². The number of nitrogens with one attached hydrogen (secondary N) is 2. The predicted octanol–water partition coefficient (Wildman–Crippen LogP) is 0.677. The van der Waals surface area contributed by atoms with Crippen LogP contribution in [0.2, 0.25) is 0 Å². The van der Waals surface area contributed by atoms with Crippen LogP contribution in [-0.4, -0.2) is 54.7 Å². The number of tetrazole rings is 1. The Kier molecular flexibility index (Phi) is 4.55. The maximum absolute atomic E-state index is 13.9. The summed E-state index contributed by atoms with van der Waals surface area (Å²) >= 11 is 0. The second-order valence-electron chi connectivity index (χ2n) is 6.97. The molecule has 0 saturated carbocycles. The van der Waals surface area contributed by atoms with Crippen molar-refractivity contribution in [1.82, 2.24) is 45.8 Å². The van der Waals surface area contributed by atoms with Gasteiger partial charge in [0, 0.05) is 25.7 Å². The van der Waals surface area contributed by atoms with E-state index in [1.807, 2.05) is 6.07 Å².